The van der Waals surface area contributed by atoms with Crippen LogP contribution in [0.5, 0.6) is 0 Å². The van der Waals surface area contributed by atoms with Crippen LogP contribution in [-0.4, -0.2) is 6.41 Å². The minimum atomic E-state index is 1.32. The molecule has 2 heteroatoms. The molecule has 0 saturated heterocycles. The van der Waals surface area contributed by atoms with E-state index in [4.69, 9.17) is 0 Å². The normalized spacial score (nSPS) is 8.50. The third kappa shape index (κ3) is 0.904. The van der Waals surface area contributed by atoms with Crippen molar-refractivity contribution >= 4 is 6.41 Å². The SMILES string of the molecule is O=[C-][n+]1ccccc1. The van der Waals surface area contributed by atoms with Crippen molar-refractivity contribution in [1.29, 1.82) is 0 Å². The number of hydrogen-bond acceptors (Lipinski definition) is 1. The summed E-state index contributed by atoms with van der Waals surface area (Å²) in [7, 11) is 0. The standard InChI is InChI=1S/C6H5NO/c8-6-7-4-2-1-3-5-7/h1-5H. The molecule has 1 aromatic rings. The van der Waals surface area contributed by atoms with Gasteiger partial charge in [-0.1, -0.05) is 18.2 Å². The highest BCUT2D eigenvalue weighted by molar-refractivity contribution is 5.34. The first-order valence-corrected chi connectivity index (χ1v) is 2.28. The Labute approximate surface area is 47.4 Å². The summed E-state index contributed by atoms with van der Waals surface area (Å²) in [5, 5.41) is 0. The minimum absolute atomic E-state index is 1.32. The average molecular weight is 107 g/mol. The fraction of sp³-hybridized carbons (Fsp3) is 0. The summed E-state index contributed by atoms with van der Waals surface area (Å²) >= 11 is 0. The molecule has 0 aliphatic rings. The van der Waals surface area contributed by atoms with Gasteiger partial charge in [0, 0.05) is 0 Å². The van der Waals surface area contributed by atoms with Crippen molar-refractivity contribution in [1.82, 2.24) is 0 Å². The van der Waals surface area contributed by atoms with Crippen LogP contribution in [0.15, 0.2) is 30.6 Å². The Morgan fingerprint density at radius 3 is 2.12 bits per heavy atom. The average Bonchev–Trinajstić information content (AvgIpc) is 1.90. The van der Waals surface area contributed by atoms with E-state index in [1.807, 2.05) is 6.07 Å². The van der Waals surface area contributed by atoms with Crippen LogP contribution in [0.3, 0.4) is 0 Å². The van der Waals surface area contributed by atoms with Crippen LogP contribution >= 0.6 is 0 Å². The first kappa shape index (κ1) is 4.97. The van der Waals surface area contributed by atoms with Gasteiger partial charge in [0.15, 0.2) is 0 Å². The van der Waals surface area contributed by atoms with Crippen molar-refractivity contribution in [3.05, 3.63) is 30.6 Å². The van der Waals surface area contributed by atoms with Crippen LogP contribution in [0.4, 0.5) is 0 Å². The number of pyridine rings is 1. The molecular formula is C6H5NO. The van der Waals surface area contributed by atoms with Crippen LogP contribution in [0.25, 0.3) is 0 Å². The third-order valence-electron chi connectivity index (χ3n) is 0.821. The van der Waals surface area contributed by atoms with E-state index in [0.717, 1.165) is 0 Å². The van der Waals surface area contributed by atoms with Gasteiger partial charge < -0.3 is 0 Å². The molecule has 2 nitrogen and oxygen atoms in total. The zero-order valence-electron chi connectivity index (χ0n) is 4.24. The molecule has 0 N–H and O–H groups in total. The van der Waals surface area contributed by atoms with Crippen molar-refractivity contribution < 1.29 is 9.36 Å². The van der Waals surface area contributed by atoms with E-state index in [-0.39, 0.29) is 0 Å². The fourth-order valence-electron chi connectivity index (χ4n) is 0.460. The Morgan fingerprint density at radius 2 is 1.75 bits per heavy atom. The number of aromatic nitrogens is 1. The van der Waals surface area contributed by atoms with Gasteiger partial charge in [0.05, 0.1) is 12.4 Å². The molecule has 1 aromatic heterocycles. The molecule has 0 amide bonds. The van der Waals surface area contributed by atoms with Gasteiger partial charge in [-0.2, -0.15) is 0 Å². The number of carbonyl (C=O) groups excluding carboxylic acids is 1. The number of hydrogen-bond donors (Lipinski definition) is 0. The molecule has 8 heavy (non-hydrogen) atoms. The van der Waals surface area contributed by atoms with Gasteiger partial charge in [0.2, 0.25) is 0 Å². The van der Waals surface area contributed by atoms with Gasteiger partial charge in [-0.3, -0.25) is 9.36 Å². The van der Waals surface area contributed by atoms with E-state index >= 15 is 0 Å². The van der Waals surface area contributed by atoms with E-state index in [9.17, 15) is 4.79 Å². The van der Waals surface area contributed by atoms with Crippen molar-refractivity contribution in [2.45, 2.75) is 0 Å². The second-order valence-electron chi connectivity index (χ2n) is 1.37. The zero-order chi connectivity index (χ0) is 5.82. The minimum Gasteiger partial charge on any atom is -0.295 e. The topological polar surface area (TPSA) is 20.9 Å². The van der Waals surface area contributed by atoms with E-state index in [2.05, 4.69) is 0 Å². The molecule has 0 unspecified atom stereocenters. The first-order valence-electron chi connectivity index (χ1n) is 2.28. The molecule has 0 spiro atoms. The van der Waals surface area contributed by atoms with E-state index < -0.39 is 0 Å². The Bertz CT molecular complexity index is 171. The highest BCUT2D eigenvalue weighted by atomic mass is 16.1. The second-order valence-corrected chi connectivity index (χ2v) is 1.37. The van der Waals surface area contributed by atoms with Gasteiger partial charge in [-0.15, -0.1) is 0 Å². The summed E-state index contributed by atoms with van der Waals surface area (Å²) < 4.78 is 1.32. The smallest absolute Gasteiger partial charge is 0.295 e. The zero-order valence-corrected chi connectivity index (χ0v) is 4.24. The molecule has 0 atom stereocenters. The highest BCUT2D eigenvalue weighted by Crippen LogP contribution is 1.71. The quantitative estimate of drug-likeness (QED) is 0.362. The molecule has 0 aliphatic heterocycles. The van der Waals surface area contributed by atoms with E-state index in [1.165, 1.54) is 4.57 Å². The molecule has 0 aliphatic carbocycles. The predicted molar refractivity (Wildman–Crippen MR) is 27.7 cm³/mol. The van der Waals surface area contributed by atoms with Crippen LogP contribution < -0.4 is 4.57 Å². The summed E-state index contributed by atoms with van der Waals surface area (Å²) in [5.41, 5.74) is 0. The molecule has 40 valence electrons. The fourth-order valence-corrected chi connectivity index (χ4v) is 0.460. The summed E-state index contributed by atoms with van der Waals surface area (Å²) in [4.78, 5) is 9.84. The molecule has 0 aromatic carbocycles. The maximum atomic E-state index is 9.84. The Morgan fingerprint density at radius 1 is 1.12 bits per heavy atom. The van der Waals surface area contributed by atoms with Crippen molar-refractivity contribution in [3.63, 3.8) is 0 Å². The lowest BCUT2D eigenvalue weighted by Gasteiger charge is -1.85. The molecular weight excluding hydrogens is 102 g/mol. The highest BCUT2D eigenvalue weighted by Gasteiger charge is 1.78. The van der Waals surface area contributed by atoms with Gasteiger partial charge in [-0.05, 0) is 0 Å². The lowest BCUT2D eigenvalue weighted by molar-refractivity contribution is -0.552. The molecule has 0 fully saturated rings. The Kier molecular flexibility index (Phi) is 1.37. The van der Waals surface area contributed by atoms with Crippen LogP contribution in [0.1, 0.15) is 0 Å². The van der Waals surface area contributed by atoms with Crippen molar-refractivity contribution in [2.75, 3.05) is 0 Å². The van der Waals surface area contributed by atoms with Crippen molar-refractivity contribution in [3.8, 4) is 0 Å². The van der Waals surface area contributed by atoms with E-state index in [0.29, 0.717) is 0 Å². The Hall–Kier alpha value is -1.18. The summed E-state index contributed by atoms with van der Waals surface area (Å²) in [6.07, 6.45) is 4.96. The first-order chi connectivity index (χ1) is 3.93. The molecule has 1 heterocycles. The molecule has 1 rings (SSSR count). The van der Waals surface area contributed by atoms with Gasteiger partial charge in [-0.25, -0.2) is 0 Å². The summed E-state index contributed by atoms with van der Waals surface area (Å²) in [6.45, 7) is 0. The van der Waals surface area contributed by atoms with Crippen LogP contribution in [0, 0.1) is 0 Å². The maximum absolute atomic E-state index is 9.84. The summed E-state index contributed by atoms with van der Waals surface area (Å²) in [6, 6.07) is 5.38. The Balaban J connectivity index is 2.99. The largest absolute Gasteiger partial charge is 0.362 e. The van der Waals surface area contributed by atoms with Gasteiger partial charge >= 0.3 is 6.41 Å². The van der Waals surface area contributed by atoms with E-state index in [1.54, 1.807) is 30.9 Å². The lowest BCUT2D eigenvalue weighted by atomic mass is 10.5. The lowest BCUT2D eigenvalue weighted by Crippen LogP contribution is -2.30. The van der Waals surface area contributed by atoms with Crippen molar-refractivity contribution in [2.24, 2.45) is 0 Å². The van der Waals surface area contributed by atoms with Crippen LogP contribution in [-0.2, 0) is 4.79 Å². The number of nitrogens with zero attached hydrogens (tertiary/aromatic N) is 1. The third-order valence-corrected chi connectivity index (χ3v) is 0.821. The molecule has 0 saturated carbocycles. The summed E-state index contributed by atoms with van der Waals surface area (Å²) in [5.74, 6) is 0. The monoisotopic (exact) mass is 107 g/mol. The molecule has 0 bridgehead atoms. The second kappa shape index (κ2) is 2.21. The maximum Gasteiger partial charge on any atom is 0.362 e. The number of rotatable bonds is 1. The van der Waals surface area contributed by atoms with Gasteiger partial charge in [0.1, 0.15) is 0 Å². The molecule has 0 radical (unpaired) electrons. The predicted octanol–water partition coefficient (Wildman–Crippen LogP) is -0.111. The van der Waals surface area contributed by atoms with Crippen LogP contribution in [0.2, 0.25) is 0 Å². The van der Waals surface area contributed by atoms with Gasteiger partial charge in [0.25, 0.3) is 0 Å².